The first-order chi connectivity index (χ1) is 13.1. The summed E-state index contributed by atoms with van der Waals surface area (Å²) in [5, 5.41) is 0.809. The maximum atomic E-state index is 12.2. The van der Waals surface area contributed by atoms with Crippen molar-refractivity contribution in [1.82, 2.24) is 4.98 Å². The Morgan fingerprint density at radius 1 is 1.07 bits per heavy atom. The summed E-state index contributed by atoms with van der Waals surface area (Å²) in [6, 6.07) is 13.4. The number of nitrogens with two attached hydrogens (primary N) is 1. The van der Waals surface area contributed by atoms with Gasteiger partial charge in [0.25, 0.3) is 0 Å². The van der Waals surface area contributed by atoms with E-state index < -0.39 is 5.91 Å². The third-order valence-corrected chi connectivity index (χ3v) is 4.95. The number of carbonyl (C=O) groups excluding carboxylic acids is 1. The number of benzene rings is 2. The largest absolute Gasteiger partial charge is 0.493 e. The Bertz CT molecular complexity index is 1090. The molecule has 4 rings (SSSR count). The topological polar surface area (TPSA) is 74.4 Å². The molecule has 0 bridgehead atoms. The number of fused-ring (bicyclic) bond motifs is 2. The van der Waals surface area contributed by atoms with Crippen molar-refractivity contribution in [2.45, 2.75) is 12.8 Å². The zero-order chi connectivity index (χ0) is 19.0. The van der Waals surface area contributed by atoms with Gasteiger partial charge in [-0.15, -0.1) is 0 Å². The van der Waals surface area contributed by atoms with Gasteiger partial charge in [0.15, 0.2) is 11.5 Å². The lowest BCUT2D eigenvalue weighted by Crippen LogP contribution is -2.15. The van der Waals surface area contributed by atoms with Gasteiger partial charge in [-0.3, -0.25) is 4.79 Å². The maximum Gasteiger partial charge on any atom is 0.249 e. The zero-order valence-corrected chi connectivity index (χ0v) is 15.3. The fraction of sp³-hybridized carbons (Fsp3) is 0.182. The normalized spacial score (nSPS) is 14.4. The van der Waals surface area contributed by atoms with E-state index in [-0.39, 0.29) is 0 Å². The van der Waals surface area contributed by atoms with Crippen LogP contribution in [0, 0.1) is 0 Å². The van der Waals surface area contributed by atoms with Gasteiger partial charge in [0.2, 0.25) is 5.91 Å². The fourth-order valence-electron chi connectivity index (χ4n) is 3.77. The van der Waals surface area contributed by atoms with E-state index in [2.05, 4.69) is 6.08 Å². The molecule has 27 heavy (non-hydrogen) atoms. The molecule has 1 aromatic heterocycles. The highest BCUT2D eigenvalue weighted by Gasteiger charge is 2.26. The van der Waals surface area contributed by atoms with Crippen LogP contribution in [0.2, 0.25) is 0 Å². The van der Waals surface area contributed by atoms with Crippen molar-refractivity contribution in [3.8, 4) is 11.5 Å². The second kappa shape index (κ2) is 6.76. The number of carbonyl (C=O) groups is 1. The molecule has 3 aromatic rings. The first-order valence-electron chi connectivity index (χ1n) is 8.77. The minimum Gasteiger partial charge on any atom is -0.493 e. The van der Waals surface area contributed by atoms with Crippen LogP contribution in [0.1, 0.15) is 33.6 Å². The number of methoxy groups -OCH3 is 2. The average Bonchev–Trinajstić information content (AvgIpc) is 3.07. The summed E-state index contributed by atoms with van der Waals surface area (Å²) in [5.74, 6) is 0.941. The monoisotopic (exact) mass is 360 g/mol. The van der Waals surface area contributed by atoms with Crippen molar-refractivity contribution >= 4 is 28.5 Å². The number of pyridine rings is 1. The van der Waals surface area contributed by atoms with Crippen molar-refractivity contribution in [1.29, 1.82) is 0 Å². The van der Waals surface area contributed by atoms with Crippen LogP contribution in [0.3, 0.4) is 0 Å². The maximum absolute atomic E-state index is 12.2. The quantitative estimate of drug-likeness (QED) is 0.767. The zero-order valence-electron chi connectivity index (χ0n) is 15.3. The van der Waals surface area contributed by atoms with Crippen molar-refractivity contribution < 1.29 is 14.3 Å². The summed E-state index contributed by atoms with van der Waals surface area (Å²) >= 11 is 0. The van der Waals surface area contributed by atoms with Gasteiger partial charge in [-0.2, -0.15) is 0 Å². The van der Waals surface area contributed by atoms with Crippen LogP contribution in [-0.4, -0.2) is 25.1 Å². The van der Waals surface area contributed by atoms with Crippen LogP contribution in [0.4, 0.5) is 0 Å². The van der Waals surface area contributed by atoms with Gasteiger partial charge >= 0.3 is 0 Å². The Balaban J connectivity index is 1.92. The molecule has 0 saturated heterocycles. The highest BCUT2D eigenvalue weighted by molar-refractivity contribution is 6.08. The molecule has 1 aliphatic rings. The van der Waals surface area contributed by atoms with Crippen LogP contribution >= 0.6 is 0 Å². The number of ether oxygens (including phenoxy) is 2. The van der Waals surface area contributed by atoms with Crippen LogP contribution in [0.15, 0.2) is 42.5 Å². The average molecular weight is 360 g/mol. The number of rotatable bonds is 4. The predicted octanol–water partition coefficient (Wildman–Crippen LogP) is 3.84. The minimum atomic E-state index is -0.412. The Kier molecular flexibility index (Phi) is 4.28. The summed E-state index contributed by atoms with van der Waals surface area (Å²) in [7, 11) is 3.24. The van der Waals surface area contributed by atoms with Gasteiger partial charge in [0.05, 0.1) is 31.0 Å². The Morgan fingerprint density at radius 2 is 1.89 bits per heavy atom. The lowest BCUT2D eigenvalue weighted by atomic mass is 10.00. The Morgan fingerprint density at radius 3 is 2.63 bits per heavy atom. The van der Waals surface area contributed by atoms with E-state index >= 15 is 0 Å². The van der Waals surface area contributed by atoms with Gasteiger partial charge < -0.3 is 15.2 Å². The second-order valence-electron chi connectivity index (χ2n) is 6.45. The number of para-hydroxylation sites is 2. The molecule has 0 aliphatic heterocycles. The lowest BCUT2D eigenvalue weighted by Gasteiger charge is -2.12. The van der Waals surface area contributed by atoms with E-state index in [1.54, 1.807) is 14.2 Å². The number of hydrogen-bond acceptors (Lipinski definition) is 4. The van der Waals surface area contributed by atoms with Crippen LogP contribution < -0.4 is 15.2 Å². The van der Waals surface area contributed by atoms with Gasteiger partial charge in [-0.1, -0.05) is 30.3 Å². The number of nitrogens with zero attached hydrogens (tertiary/aromatic N) is 1. The number of aromatic nitrogens is 1. The van der Waals surface area contributed by atoms with E-state index in [0.717, 1.165) is 46.1 Å². The molecule has 5 nitrogen and oxygen atoms in total. The summed E-state index contributed by atoms with van der Waals surface area (Å²) in [6.45, 7) is 0. The molecular formula is C22H20N2O3. The highest BCUT2D eigenvalue weighted by Crippen LogP contribution is 2.39. The molecule has 0 atom stereocenters. The number of hydrogen-bond donors (Lipinski definition) is 1. The molecule has 5 heteroatoms. The fourth-order valence-corrected chi connectivity index (χ4v) is 3.77. The van der Waals surface area contributed by atoms with E-state index in [9.17, 15) is 4.79 Å². The third-order valence-electron chi connectivity index (χ3n) is 4.95. The third kappa shape index (κ3) is 2.81. The molecule has 0 unspecified atom stereocenters. The summed E-state index contributed by atoms with van der Waals surface area (Å²) < 4.78 is 10.9. The molecule has 1 aliphatic carbocycles. The van der Waals surface area contributed by atoms with Crippen LogP contribution in [0.25, 0.3) is 22.6 Å². The van der Waals surface area contributed by atoms with Gasteiger partial charge in [0.1, 0.15) is 0 Å². The highest BCUT2D eigenvalue weighted by atomic mass is 16.5. The molecule has 0 spiro atoms. The molecule has 136 valence electrons. The van der Waals surface area contributed by atoms with E-state index in [1.165, 1.54) is 0 Å². The standard InChI is InChI=1S/C22H20N2O3/c1-26-18-9-5-6-14(21(18)27-2)12-13-10-11-16-19(22(23)25)15-7-3-4-8-17(15)24-20(13)16/h3-9,12H,10-11H2,1-2H3,(H2,23,25). The molecule has 1 heterocycles. The number of amides is 1. The van der Waals surface area contributed by atoms with Gasteiger partial charge in [-0.25, -0.2) is 4.98 Å². The Hall–Kier alpha value is -3.34. The smallest absolute Gasteiger partial charge is 0.249 e. The summed E-state index contributed by atoms with van der Waals surface area (Å²) in [5.41, 5.74) is 10.8. The predicted molar refractivity (Wildman–Crippen MR) is 106 cm³/mol. The molecule has 2 N–H and O–H groups in total. The first kappa shape index (κ1) is 17.1. The van der Waals surface area contributed by atoms with E-state index in [0.29, 0.717) is 17.1 Å². The molecule has 0 saturated carbocycles. The van der Waals surface area contributed by atoms with E-state index in [4.69, 9.17) is 20.2 Å². The van der Waals surface area contributed by atoms with Gasteiger partial charge in [0, 0.05) is 10.9 Å². The van der Waals surface area contributed by atoms with Gasteiger partial charge in [-0.05, 0) is 42.2 Å². The second-order valence-corrected chi connectivity index (χ2v) is 6.45. The van der Waals surface area contributed by atoms with Crippen molar-refractivity contribution in [3.05, 3.63) is 64.8 Å². The summed E-state index contributed by atoms with van der Waals surface area (Å²) in [6.07, 6.45) is 3.59. The van der Waals surface area contributed by atoms with Crippen LogP contribution in [0.5, 0.6) is 11.5 Å². The van der Waals surface area contributed by atoms with Crippen molar-refractivity contribution in [3.63, 3.8) is 0 Å². The van der Waals surface area contributed by atoms with Crippen molar-refractivity contribution in [2.75, 3.05) is 14.2 Å². The Labute approximate surface area is 157 Å². The number of primary amides is 1. The number of allylic oxidation sites excluding steroid dienone is 1. The molecule has 2 aromatic carbocycles. The van der Waals surface area contributed by atoms with Crippen LogP contribution in [-0.2, 0) is 6.42 Å². The molecule has 0 fully saturated rings. The van der Waals surface area contributed by atoms with Crippen molar-refractivity contribution in [2.24, 2.45) is 5.73 Å². The lowest BCUT2D eigenvalue weighted by molar-refractivity contribution is 0.100. The molecule has 1 amide bonds. The van der Waals surface area contributed by atoms with E-state index in [1.807, 2.05) is 42.5 Å². The SMILES string of the molecule is COc1cccc(C=C2CCc3c2nc2ccccc2c3C(N)=O)c1OC. The molecular weight excluding hydrogens is 340 g/mol. The first-order valence-corrected chi connectivity index (χ1v) is 8.77. The summed E-state index contributed by atoms with van der Waals surface area (Å²) in [4.78, 5) is 17.0. The molecule has 0 radical (unpaired) electrons. The minimum absolute atomic E-state index is 0.412.